The Balaban J connectivity index is 3.40. The van der Waals surface area contributed by atoms with Gasteiger partial charge in [0.1, 0.15) is 0 Å². The number of benzene rings is 1. The van der Waals surface area contributed by atoms with Crippen LogP contribution in [0, 0.1) is 0 Å². The highest BCUT2D eigenvalue weighted by Gasteiger charge is 2.06. The number of aromatic hydroxyl groups is 2. The molecule has 0 aromatic heterocycles. The Hall–Kier alpha value is -1.15. The van der Waals surface area contributed by atoms with Gasteiger partial charge in [0.2, 0.25) is 0 Å². The smallest absolute Gasteiger partial charge is 0.166 e. The molecule has 0 saturated carbocycles. The fraction of sp³-hybridized carbons (Fsp3) is 0. The van der Waals surface area contributed by atoms with Crippen molar-refractivity contribution in [3.05, 3.63) is 29.3 Å². The summed E-state index contributed by atoms with van der Waals surface area (Å²) in [6.07, 6.45) is 1.39. The monoisotopic (exact) mass is 170 g/mol. The van der Waals surface area contributed by atoms with Gasteiger partial charge in [-0.05, 0) is 12.1 Å². The molecule has 0 spiro atoms. The summed E-state index contributed by atoms with van der Waals surface area (Å²) in [5.41, 5.74) is 0.353. The molecule has 58 valence electrons. The normalized spacial score (nSPS) is 9.55. The van der Waals surface area contributed by atoms with Crippen LogP contribution in [0.4, 0.5) is 0 Å². The lowest BCUT2D eigenvalue weighted by molar-refractivity contribution is 0.403. The number of phenolic OH excluding ortho intramolecular Hbond substituents is 2. The first-order chi connectivity index (χ1) is 5.16. The molecular formula is C8H7ClO2. The zero-order chi connectivity index (χ0) is 8.43. The van der Waals surface area contributed by atoms with Crippen LogP contribution in [0.15, 0.2) is 18.7 Å². The van der Waals surface area contributed by atoms with Crippen LogP contribution in [0.5, 0.6) is 11.5 Å². The highest BCUT2D eigenvalue weighted by atomic mass is 35.5. The van der Waals surface area contributed by atoms with E-state index in [9.17, 15) is 5.11 Å². The van der Waals surface area contributed by atoms with Gasteiger partial charge in [0, 0.05) is 5.56 Å². The minimum absolute atomic E-state index is 0.190. The SMILES string of the molecule is C=Cc1c(Cl)ccc(O)c1O. The lowest BCUT2D eigenvalue weighted by atomic mass is 10.2. The molecule has 0 bridgehead atoms. The molecule has 3 heteroatoms. The summed E-state index contributed by atoms with van der Waals surface area (Å²) in [5.74, 6) is -0.420. The van der Waals surface area contributed by atoms with E-state index >= 15 is 0 Å². The molecular weight excluding hydrogens is 164 g/mol. The average molecular weight is 171 g/mol. The van der Waals surface area contributed by atoms with E-state index in [4.69, 9.17) is 16.7 Å². The first-order valence-corrected chi connectivity index (χ1v) is 3.37. The molecule has 1 aromatic carbocycles. The van der Waals surface area contributed by atoms with Crippen LogP contribution >= 0.6 is 11.6 Å². The van der Waals surface area contributed by atoms with Gasteiger partial charge in [0.15, 0.2) is 11.5 Å². The van der Waals surface area contributed by atoms with E-state index in [1.54, 1.807) is 0 Å². The molecule has 0 atom stereocenters. The van der Waals surface area contributed by atoms with E-state index in [0.29, 0.717) is 10.6 Å². The molecule has 0 fully saturated rings. The molecule has 2 N–H and O–H groups in total. The van der Waals surface area contributed by atoms with Crippen molar-refractivity contribution in [2.24, 2.45) is 0 Å². The Bertz CT molecular complexity index is 294. The van der Waals surface area contributed by atoms with Gasteiger partial charge in [0.25, 0.3) is 0 Å². The van der Waals surface area contributed by atoms with E-state index < -0.39 is 0 Å². The largest absolute Gasteiger partial charge is 0.504 e. The van der Waals surface area contributed by atoms with Gasteiger partial charge in [0.05, 0.1) is 5.02 Å². The van der Waals surface area contributed by atoms with E-state index in [-0.39, 0.29) is 11.5 Å². The zero-order valence-electron chi connectivity index (χ0n) is 5.71. The standard InChI is InChI=1S/C8H7ClO2/c1-2-5-6(9)3-4-7(10)8(5)11/h2-4,10-11H,1H2. The molecule has 0 aliphatic rings. The maximum absolute atomic E-state index is 9.17. The fourth-order valence-corrected chi connectivity index (χ4v) is 0.996. The first kappa shape index (κ1) is 7.95. The summed E-state index contributed by atoms with van der Waals surface area (Å²) in [6, 6.07) is 2.82. The second-order valence-electron chi connectivity index (χ2n) is 2.03. The van der Waals surface area contributed by atoms with Gasteiger partial charge in [-0.1, -0.05) is 24.3 Å². The van der Waals surface area contributed by atoms with Gasteiger partial charge < -0.3 is 10.2 Å². The van der Waals surface area contributed by atoms with Crippen LogP contribution < -0.4 is 0 Å². The third-order valence-corrected chi connectivity index (χ3v) is 1.68. The molecule has 2 nitrogen and oxygen atoms in total. The summed E-state index contributed by atoms with van der Waals surface area (Å²) < 4.78 is 0. The molecule has 0 amide bonds. The number of rotatable bonds is 1. The topological polar surface area (TPSA) is 40.5 Å². The van der Waals surface area contributed by atoms with Crippen molar-refractivity contribution in [3.63, 3.8) is 0 Å². The van der Waals surface area contributed by atoms with Crippen LogP contribution in [0.3, 0.4) is 0 Å². The molecule has 0 saturated heterocycles. The molecule has 0 unspecified atom stereocenters. The lowest BCUT2D eigenvalue weighted by Gasteiger charge is -2.02. The van der Waals surface area contributed by atoms with Gasteiger partial charge >= 0.3 is 0 Å². The van der Waals surface area contributed by atoms with E-state index in [1.165, 1.54) is 18.2 Å². The Labute approximate surface area is 69.4 Å². The van der Waals surface area contributed by atoms with Gasteiger partial charge in [-0.15, -0.1) is 0 Å². The summed E-state index contributed by atoms with van der Waals surface area (Å²) in [4.78, 5) is 0. The summed E-state index contributed by atoms with van der Waals surface area (Å²) in [7, 11) is 0. The van der Waals surface area contributed by atoms with Crippen LogP contribution in [0.1, 0.15) is 5.56 Å². The Kier molecular flexibility index (Phi) is 2.06. The third-order valence-electron chi connectivity index (χ3n) is 1.35. The summed E-state index contributed by atoms with van der Waals surface area (Å²) in [5, 5.41) is 18.5. The van der Waals surface area contributed by atoms with Crippen LogP contribution in [0.2, 0.25) is 5.02 Å². The summed E-state index contributed by atoms with van der Waals surface area (Å²) in [6.45, 7) is 3.44. The van der Waals surface area contributed by atoms with Crippen molar-refractivity contribution in [2.45, 2.75) is 0 Å². The fourth-order valence-electron chi connectivity index (χ4n) is 0.766. The number of halogens is 1. The van der Waals surface area contributed by atoms with Crippen molar-refractivity contribution in [2.75, 3.05) is 0 Å². The molecule has 0 heterocycles. The highest BCUT2D eigenvalue weighted by molar-refractivity contribution is 6.32. The van der Waals surface area contributed by atoms with Crippen molar-refractivity contribution < 1.29 is 10.2 Å². The highest BCUT2D eigenvalue weighted by Crippen LogP contribution is 2.34. The maximum Gasteiger partial charge on any atom is 0.166 e. The van der Waals surface area contributed by atoms with Gasteiger partial charge in [-0.2, -0.15) is 0 Å². The Morgan fingerprint density at radius 3 is 2.45 bits per heavy atom. The maximum atomic E-state index is 9.17. The number of hydrogen-bond acceptors (Lipinski definition) is 2. The number of hydrogen-bond donors (Lipinski definition) is 2. The van der Waals surface area contributed by atoms with E-state index in [0.717, 1.165) is 0 Å². The van der Waals surface area contributed by atoms with E-state index in [1.807, 2.05) is 0 Å². The first-order valence-electron chi connectivity index (χ1n) is 2.99. The van der Waals surface area contributed by atoms with Crippen LogP contribution in [-0.4, -0.2) is 10.2 Å². The molecule has 0 aliphatic carbocycles. The minimum atomic E-state index is -0.229. The van der Waals surface area contributed by atoms with Crippen molar-refractivity contribution in [3.8, 4) is 11.5 Å². The van der Waals surface area contributed by atoms with Crippen LogP contribution in [-0.2, 0) is 0 Å². The predicted molar refractivity (Wildman–Crippen MR) is 44.9 cm³/mol. The van der Waals surface area contributed by atoms with Crippen LogP contribution in [0.25, 0.3) is 6.08 Å². The second kappa shape index (κ2) is 2.84. The van der Waals surface area contributed by atoms with E-state index in [2.05, 4.69) is 6.58 Å². The molecule has 11 heavy (non-hydrogen) atoms. The second-order valence-corrected chi connectivity index (χ2v) is 2.44. The number of phenols is 2. The van der Waals surface area contributed by atoms with Gasteiger partial charge in [-0.3, -0.25) is 0 Å². The van der Waals surface area contributed by atoms with Gasteiger partial charge in [-0.25, -0.2) is 0 Å². The van der Waals surface area contributed by atoms with Crippen molar-refractivity contribution in [1.29, 1.82) is 0 Å². The predicted octanol–water partition coefficient (Wildman–Crippen LogP) is 2.39. The Morgan fingerprint density at radius 2 is 2.00 bits per heavy atom. The average Bonchev–Trinajstić information content (AvgIpc) is 1.99. The molecule has 0 aliphatic heterocycles. The molecule has 1 rings (SSSR count). The van der Waals surface area contributed by atoms with Crippen molar-refractivity contribution in [1.82, 2.24) is 0 Å². The minimum Gasteiger partial charge on any atom is -0.504 e. The zero-order valence-corrected chi connectivity index (χ0v) is 6.47. The molecule has 0 radical (unpaired) electrons. The lowest BCUT2D eigenvalue weighted by Crippen LogP contribution is -1.77. The quantitative estimate of drug-likeness (QED) is 0.636. The van der Waals surface area contributed by atoms with Crippen molar-refractivity contribution >= 4 is 17.7 Å². The summed E-state index contributed by atoms with van der Waals surface area (Å²) >= 11 is 5.66. The molecule has 1 aromatic rings. The third kappa shape index (κ3) is 1.30. The Morgan fingerprint density at radius 1 is 1.36 bits per heavy atom.